The maximum atomic E-state index is 14.6. The van der Waals surface area contributed by atoms with Crippen molar-refractivity contribution < 1.29 is 13.9 Å². The van der Waals surface area contributed by atoms with Gasteiger partial charge in [0.1, 0.15) is 12.4 Å². The van der Waals surface area contributed by atoms with Crippen LogP contribution in [0.25, 0.3) is 0 Å². The van der Waals surface area contributed by atoms with E-state index in [1.807, 2.05) is 42.5 Å². The van der Waals surface area contributed by atoms with Gasteiger partial charge in [-0.15, -0.1) is 0 Å². The van der Waals surface area contributed by atoms with Crippen molar-refractivity contribution in [1.82, 2.24) is 0 Å². The van der Waals surface area contributed by atoms with Crippen molar-refractivity contribution in [3.05, 3.63) is 98.8 Å². The first-order valence-electron chi connectivity index (χ1n) is 10.5. The van der Waals surface area contributed by atoms with E-state index >= 15 is 0 Å². The van der Waals surface area contributed by atoms with Crippen LogP contribution in [0.5, 0.6) is 11.5 Å². The summed E-state index contributed by atoms with van der Waals surface area (Å²) in [7, 11) is 1.62. The predicted molar refractivity (Wildman–Crippen MR) is 129 cm³/mol. The fourth-order valence-electron chi connectivity index (χ4n) is 4.74. The third-order valence-electron chi connectivity index (χ3n) is 6.29. The van der Waals surface area contributed by atoms with Gasteiger partial charge in [-0.25, -0.2) is 4.39 Å². The molecule has 0 bridgehead atoms. The van der Waals surface area contributed by atoms with Gasteiger partial charge in [-0.3, -0.25) is 0 Å². The molecule has 1 aliphatic heterocycles. The van der Waals surface area contributed by atoms with Crippen LogP contribution in [0.2, 0.25) is 5.02 Å². The van der Waals surface area contributed by atoms with Crippen molar-refractivity contribution in [1.29, 1.82) is 0 Å². The molecule has 3 atom stereocenters. The van der Waals surface area contributed by atoms with Gasteiger partial charge >= 0.3 is 0 Å². The van der Waals surface area contributed by atoms with Crippen LogP contribution >= 0.6 is 27.5 Å². The smallest absolute Gasteiger partial charge is 0.175 e. The average Bonchev–Trinajstić information content (AvgIpc) is 3.29. The molecule has 0 spiro atoms. The van der Waals surface area contributed by atoms with Crippen molar-refractivity contribution >= 4 is 33.2 Å². The van der Waals surface area contributed by atoms with E-state index in [9.17, 15) is 4.39 Å². The Morgan fingerprint density at radius 3 is 2.81 bits per heavy atom. The molecule has 164 valence electrons. The zero-order chi connectivity index (χ0) is 22.2. The first-order valence-corrected chi connectivity index (χ1v) is 11.7. The normalized spacial score (nSPS) is 20.9. The van der Waals surface area contributed by atoms with Crippen LogP contribution in [0, 0.1) is 11.7 Å². The van der Waals surface area contributed by atoms with Gasteiger partial charge in [0.2, 0.25) is 0 Å². The molecule has 2 aliphatic rings. The van der Waals surface area contributed by atoms with Gasteiger partial charge in [-0.1, -0.05) is 54.1 Å². The van der Waals surface area contributed by atoms with Gasteiger partial charge in [0.15, 0.2) is 11.5 Å². The summed E-state index contributed by atoms with van der Waals surface area (Å²) in [4.78, 5) is 0. The third-order valence-corrected chi connectivity index (χ3v) is 7.24. The van der Waals surface area contributed by atoms with Gasteiger partial charge in [0.05, 0.1) is 23.3 Å². The fourth-order valence-corrected chi connectivity index (χ4v) is 5.50. The molecule has 32 heavy (non-hydrogen) atoms. The Bertz CT molecular complexity index is 1200. The van der Waals surface area contributed by atoms with Crippen molar-refractivity contribution in [2.75, 3.05) is 12.4 Å². The number of methoxy groups -OCH3 is 1. The standard InChI is InChI=1S/C26H22BrClFNO2/c1-31-23-13-16(12-20(27)26(23)32-14-15-6-2-3-10-21(15)28)24-18-8-4-7-17(18)19-9-5-11-22(29)25(19)30-24/h2-7,9-13,17-18,24,30H,8,14H2,1H3/t17-,18+,24+/m1/s1. The number of hydrogen-bond acceptors (Lipinski definition) is 3. The number of para-hydroxylation sites is 1. The van der Waals surface area contributed by atoms with E-state index in [1.165, 1.54) is 6.07 Å². The number of rotatable bonds is 5. The van der Waals surface area contributed by atoms with Gasteiger partial charge in [-0.2, -0.15) is 0 Å². The molecule has 1 aliphatic carbocycles. The lowest BCUT2D eigenvalue weighted by Gasteiger charge is -2.38. The van der Waals surface area contributed by atoms with Crippen LogP contribution in [0.4, 0.5) is 10.1 Å². The molecule has 0 radical (unpaired) electrons. The topological polar surface area (TPSA) is 30.5 Å². The molecule has 1 N–H and O–H groups in total. The number of allylic oxidation sites excluding steroid dienone is 2. The molecule has 3 nitrogen and oxygen atoms in total. The number of anilines is 1. The first-order chi connectivity index (χ1) is 15.6. The summed E-state index contributed by atoms with van der Waals surface area (Å²) < 4.78 is 27.2. The van der Waals surface area contributed by atoms with E-state index in [0.29, 0.717) is 34.7 Å². The van der Waals surface area contributed by atoms with Crippen LogP contribution < -0.4 is 14.8 Å². The Hall–Kier alpha value is -2.50. The van der Waals surface area contributed by atoms with Gasteiger partial charge in [0.25, 0.3) is 0 Å². The van der Waals surface area contributed by atoms with Gasteiger partial charge < -0.3 is 14.8 Å². The Labute approximate surface area is 200 Å². The molecule has 0 saturated carbocycles. The minimum absolute atomic E-state index is 0.0535. The first kappa shape index (κ1) is 21.4. The second-order valence-electron chi connectivity index (χ2n) is 8.09. The molecule has 0 aromatic heterocycles. The van der Waals surface area contributed by atoms with E-state index < -0.39 is 0 Å². The van der Waals surface area contributed by atoms with Crippen LogP contribution in [0.15, 0.2) is 71.2 Å². The maximum Gasteiger partial charge on any atom is 0.175 e. The summed E-state index contributed by atoms with van der Waals surface area (Å²) in [6, 6.07) is 16.8. The van der Waals surface area contributed by atoms with Crippen molar-refractivity contribution in [2.24, 2.45) is 5.92 Å². The van der Waals surface area contributed by atoms with E-state index in [1.54, 1.807) is 13.2 Å². The van der Waals surface area contributed by atoms with Crippen LogP contribution in [-0.2, 0) is 6.61 Å². The molecule has 3 aromatic rings. The highest BCUT2D eigenvalue weighted by Crippen LogP contribution is 2.51. The minimum Gasteiger partial charge on any atom is -0.493 e. The molecule has 0 saturated heterocycles. The summed E-state index contributed by atoms with van der Waals surface area (Å²) in [6.07, 6.45) is 5.32. The average molecular weight is 515 g/mol. The molecule has 1 heterocycles. The van der Waals surface area contributed by atoms with Gasteiger partial charge in [0, 0.05) is 16.5 Å². The molecule has 5 rings (SSSR count). The quantitative estimate of drug-likeness (QED) is 0.355. The second kappa shape index (κ2) is 8.80. The number of ether oxygens (including phenoxy) is 2. The van der Waals surface area contributed by atoms with Crippen molar-refractivity contribution in [3.63, 3.8) is 0 Å². The highest BCUT2D eigenvalue weighted by atomic mass is 79.9. The Kier molecular flexibility index (Phi) is 5.87. The Morgan fingerprint density at radius 2 is 2.00 bits per heavy atom. The zero-order valence-electron chi connectivity index (χ0n) is 17.4. The van der Waals surface area contributed by atoms with Crippen molar-refractivity contribution in [3.8, 4) is 11.5 Å². The van der Waals surface area contributed by atoms with Crippen LogP contribution in [0.3, 0.4) is 0 Å². The molecule has 0 fully saturated rings. The minimum atomic E-state index is -0.225. The number of nitrogens with one attached hydrogen (secondary N) is 1. The van der Waals surface area contributed by atoms with E-state index in [2.05, 4.69) is 33.4 Å². The molecular formula is C26H22BrClFNO2. The lowest BCUT2D eigenvalue weighted by Crippen LogP contribution is -2.29. The summed E-state index contributed by atoms with van der Waals surface area (Å²) in [5, 5.41) is 4.13. The van der Waals surface area contributed by atoms with Crippen LogP contribution in [-0.4, -0.2) is 7.11 Å². The molecular weight excluding hydrogens is 493 g/mol. The molecule has 0 amide bonds. The Balaban J connectivity index is 1.48. The van der Waals surface area contributed by atoms with Gasteiger partial charge in [-0.05, 0) is 63.7 Å². The highest BCUT2D eigenvalue weighted by Gasteiger charge is 2.39. The second-order valence-corrected chi connectivity index (χ2v) is 9.36. The largest absolute Gasteiger partial charge is 0.493 e. The number of fused-ring (bicyclic) bond motifs is 3. The van der Waals surface area contributed by atoms with Crippen molar-refractivity contribution in [2.45, 2.75) is 25.0 Å². The van der Waals surface area contributed by atoms with E-state index in [4.69, 9.17) is 21.1 Å². The Morgan fingerprint density at radius 1 is 1.16 bits per heavy atom. The molecule has 6 heteroatoms. The SMILES string of the molecule is COc1cc([C@@H]2Nc3c(F)cccc3[C@@H]3C=CC[C@@H]32)cc(Br)c1OCc1ccccc1Cl. The molecule has 3 aromatic carbocycles. The fraction of sp³-hybridized carbons (Fsp3) is 0.231. The summed E-state index contributed by atoms with van der Waals surface area (Å²) >= 11 is 9.93. The third kappa shape index (κ3) is 3.78. The number of benzene rings is 3. The number of halogens is 3. The van der Waals surface area contributed by atoms with E-state index in [-0.39, 0.29) is 17.8 Å². The summed E-state index contributed by atoms with van der Waals surface area (Å²) in [5.41, 5.74) is 3.52. The van der Waals surface area contributed by atoms with Crippen LogP contribution in [0.1, 0.15) is 35.1 Å². The number of hydrogen-bond donors (Lipinski definition) is 1. The zero-order valence-corrected chi connectivity index (χ0v) is 19.8. The maximum absolute atomic E-state index is 14.6. The summed E-state index contributed by atoms with van der Waals surface area (Å²) in [5.74, 6) is 1.49. The highest BCUT2D eigenvalue weighted by molar-refractivity contribution is 9.10. The van der Waals surface area contributed by atoms with E-state index in [0.717, 1.165) is 27.6 Å². The molecule has 0 unspecified atom stereocenters. The lowest BCUT2D eigenvalue weighted by molar-refractivity contribution is 0.282. The monoisotopic (exact) mass is 513 g/mol. The lowest BCUT2D eigenvalue weighted by atomic mass is 9.77. The predicted octanol–water partition coefficient (Wildman–Crippen LogP) is 7.66. The summed E-state index contributed by atoms with van der Waals surface area (Å²) in [6.45, 7) is 0.322.